The minimum atomic E-state index is -0.638. The Morgan fingerprint density at radius 2 is 2.47 bits per heavy atom. The third kappa shape index (κ3) is 2.55. The van der Waals surface area contributed by atoms with Gasteiger partial charge < -0.3 is 15.2 Å². The Balaban J connectivity index is 2.02. The lowest BCUT2D eigenvalue weighted by atomic mass is 10.1. The van der Waals surface area contributed by atoms with E-state index in [2.05, 4.69) is 5.32 Å². The summed E-state index contributed by atoms with van der Waals surface area (Å²) in [6.07, 6.45) is -0.280. The quantitative estimate of drug-likeness (QED) is 0.813. The molecule has 17 heavy (non-hydrogen) atoms. The van der Waals surface area contributed by atoms with Crippen LogP contribution in [0.4, 0.5) is 4.39 Å². The molecule has 1 aromatic rings. The van der Waals surface area contributed by atoms with Gasteiger partial charge in [-0.25, -0.2) is 4.39 Å². The number of carbonyl (C=O) groups is 1. The van der Waals surface area contributed by atoms with Crippen molar-refractivity contribution in [1.29, 1.82) is 0 Å². The Morgan fingerprint density at radius 3 is 3.18 bits per heavy atom. The van der Waals surface area contributed by atoms with Gasteiger partial charge in [-0.3, -0.25) is 4.79 Å². The van der Waals surface area contributed by atoms with Gasteiger partial charge in [0.25, 0.3) is 5.91 Å². The zero-order valence-electron chi connectivity index (χ0n) is 9.44. The summed E-state index contributed by atoms with van der Waals surface area (Å²) in [5.74, 6) is -0.0801. The van der Waals surface area contributed by atoms with Crippen molar-refractivity contribution in [2.75, 3.05) is 6.61 Å². The van der Waals surface area contributed by atoms with E-state index < -0.39 is 6.10 Å². The van der Waals surface area contributed by atoms with Crippen LogP contribution < -0.4 is 10.1 Å². The molecule has 0 fully saturated rings. The highest BCUT2D eigenvalue weighted by Crippen LogP contribution is 2.29. The maximum absolute atomic E-state index is 13.0. The number of fused-ring (bicyclic) bond motifs is 1. The van der Waals surface area contributed by atoms with Gasteiger partial charge in [0.1, 0.15) is 11.6 Å². The van der Waals surface area contributed by atoms with Gasteiger partial charge in [0.05, 0.1) is 6.61 Å². The molecule has 1 aromatic carbocycles. The van der Waals surface area contributed by atoms with Gasteiger partial charge in [-0.2, -0.15) is 0 Å². The normalized spacial score (nSPS) is 19.4. The summed E-state index contributed by atoms with van der Waals surface area (Å²) in [4.78, 5) is 11.7. The average molecular weight is 239 g/mol. The summed E-state index contributed by atoms with van der Waals surface area (Å²) in [5.41, 5.74) is 0.696. The second-order valence-electron chi connectivity index (χ2n) is 4.15. The van der Waals surface area contributed by atoms with Crippen molar-refractivity contribution in [3.63, 3.8) is 0 Å². The van der Waals surface area contributed by atoms with Gasteiger partial charge in [0, 0.05) is 18.0 Å². The highest BCUT2D eigenvalue weighted by Gasteiger charge is 2.29. The zero-order valence-corrected chi connectivity index (χ0v) is 9.44. The largest absolute Gasteiger partial charge is 0.480 e. The van der Waals surface area contributed by atoms with Crippen molar-refractivity contribution in [1.82, 2.24) is 5.32 Å². The third-order valence-corrected chi connectivity index (χ3v) is 2.65. The van der Waals surface area contributed by atoms with E-state index in [0.717, 1.165) is 0 Å². The molecule has 2 N–H and O–H groups in total. The van der Waals surface area contributed by atoms with Crippen molar-refractivity contribution >= 4 is 5.91 Å². The number of carbonyl (C=O) groups excluding carboxylic acids is 1. The first-order valence-electron chi connectivity index (χ1n) is 5.46. The molecule has 4 nitrogen and oxygen atoms in total. The summed E-state index contributed by atoms with van der Waals surface area (Å²) in [6, 6.07) is 3.88. The van der Waals surface area contributed by atoms with E-state index >= 15 is 0 Å². The summed E-state index contributed by atoms with van der Waals surface area (Å²) >= 11 is 0. The van der Waals surface area contributed by atoms with Crippen LogP contribution in [-0.2, 0) is 11.2 Å². The summed E-state index contributed by atoms with van der Waals surface area (Å²) in [5, 5.41) is 11.4. The molecule has 0 bridgehead atoms. The fraction of sp³-hybridized carbons (Fsp3) is 0.417. The molecule has 1 aliphatic rings. The molecule has 2 rings (SSSR count). The minimum absolute atomic E-state index is 0.125. The summed E-state index contributed by atoms with van der Waals surface area (Å²) in [7, 11) is 0. The SMILES string of the molecule is CC(CO)NC(=O)C1Cc2cc(F)ccc2O1. The molecule has 1 aliphatic heterocycles. The lowest BCUT2D eigenvalue weighted by molar-refractivity contribution is -0.128. The van der Waals surface area contributed by atoms with Crippen LogP contribution in [0.5, 0.6) is 5.75 Å². The lowest BCUT2D eigenvalue weighted by Gasteiger charge is -2.14. The fourth-order valence-corrected chi connectivity index (χ4v) is 1.74. The van der Waals surface area contributed by atoms with E-state index in [4.69, 9.17) is 9.84 Å². The predicted molar refractivity (Wildman–Crippen MR) is 59.2 cm³/mol. The van der Waals surface area contributed by atoms with Gasteiger partial charge in [-0.15, -0.1) is 0 Å². The van der Waals surface area contributed by atoms with Crippen LogP contribution in [0.25, 0.3) is 0 Å². The van der Waals surface area contributed by atoms with Crippen molar-refractivity contribution in [3.05, 3.63) is 29.6 Å². The molecule has 0 saturated carbocycles. The molecule has 1 amide bonds. The molecular weight excluding hydrogens is 225 g/mol. The van der Waals surface area contributed by atoms with Crippen molar-refractivity contribution < 1.29 is 19.0 Å². The molecule has 0 aromatic heterocycles. The van der Waals surface area contributed by atoms with Gasteiger partial charge in [0.15, 0.2) is 6.10 Å². The number of aliphatic hydroxyl groups is 1. The number of amides is 1. The molecule has 92 valence electrons. The number of hydrogen-bond acceptors (Lipinski definition) is 3. The van der Waals surface area contributed by atoms with E-state index in [-0.39, 0.29) is 24.4 Å². The zero-order chi connectivity index (χ0) is 12.4. The average Bonchev–Trinajstić information content (AvgIpc) is 2.71. The molecule has 0 spiro atoms. The van der Waals surface area contributed by atoms with E-state index in [9.17, 15) is 9.18 Å². The topological polar surface area (TPSA) is 58.6 Å². The Bertz CT molecular complexity index is 436. The second kappa shape index (κ2) is 4.71. The van der Waals surface area contributed by atoms with E-state index in [0.29, 0.717) is 17.7 Å². The van der Waals surface area contributed by atoms with E-state index in [1.54, 1.807) is 6.92 Å². The number of rotatable bonds is 3. The predicted octanol–water partition coefficient (Wildman–Crippen LogP) is 0.626. The monoisotopic (exact) mass is 239 g/mol. The van der Waals surface area contributed by atoms with Gasteiger partial charge in [-0.1, -0.05) is 0 Å². The molecule has 0 saturated heterocycles. The number of halogens is 1. The van der Waals surface area contributed by atoms with Crippen LogP contribution in [0.2, 0.25) is 0 Å². The Labute approximate surface area is 98.4 Å². The first kappa shape index (κ1) is 11.9. The standard InChI is InChI=1S/C12H14FNO3/c1-7(6-15)14-12(16)11-5-8-4-9(13)2-3-10(8)17-11/h2-4,7,11,15H,5-6H2,1H3,(H,14,16). The van der Waals surface area contributed by atoms with Gasteiger partial charge >= 0.3 is 0 Å². The maximum Gasteiger partial charge on any atom is 0.261 e. The van der Waals surface area contributed by atoms with Crippen molar-refractivity contribution in [3.8, 4) is 5.75 Å². The maximum atomic E-state index is 13.0. The van der Waals surface area contributed by atoms with Crippen LogP contribution in [0, 0.1) is 5.82 Å². The molecule has 2 unspecified atom stereocenters. The van der Waals surface area contributed by atoms with Crippen LogP contribution in [-0.4, -0.2) is 29.8 Å². The van der Waals surface area contributed by atoms with Crippen LogP contribution in [0.15, 0.2) is 18.2 Å². The Kier molecular flexibility index (Phi) is 3.28. The van der Waals surface area contributed by atoms with Crippen LogP contribution >= 0.6 is 0 Å². The number of ether oxygens (including phenoxy) is 1. The molecular formula is C12H14FNO3. The van der Waals surface area contributed by atoms with Crippen LogP contribution in [0.3, 0.4) is 0 Å². The van der Waals surface area contributed by atoms with Crippen LogP contribution in [0.1, 0.15) is 12.5 Å². The molecule has 2 atom stereocenters. The molecule has 0 aliphatic carbocycles. The molecule has 0 radical (unpaired) electrons. The summed E-state index contributed by atoms with van der Waals surface area (Å²) < 4.78 is 18.4. The molecule has 5 heteroatoms. The van der Waals surface area contributed by atoms with E-state index in [1.165, 1.54) is 18.2 Å². The Hall–Kier alpha value is -1.62. The molecule has 1 heterocycles. The highest BCUT2D eigenvalue weighted by molar-refractivity contribution is 5.82. The Morgan fingerprint density at radius 1 is 1.71 bits per heavy atom. The number of aliphatic hydroxyl groups excluding tert-OH is 1. The second-order valence-corrected chi connectivity index (χ2v) is 4.15. The van der Waals surface area contributed by atoms with Crippen molar-refractivity contribution in [2.24, 2.45) is 0 Å². The third-order valence-electron chi connectivity index (χ3n) is 2.65. The number of nitrogens with one attached hydrogen (secondary N) is 1. The van der Waals surface area contributed by atoms with Gasteiger partial charge in [-0.05, 0) is 25.1 Å². The number of benzene rings is 1. The highest BCUT2D eigenvalue weighted by atomic mass is 19.1. The number of hydrogen-bond donors (Lipinski definition) is 2. The lowest BCUT2D eigenvalue weighted by Crippen LogP contribution is -2.43. The fourth-order valence-electron chi connectivity index (χ4n) is 1.74. The minimum Gasteiger partial charge on any atom is -0.480 e. The van der Waals surface area contributed by atoms with E-state index in [1.807, 2.05) is 0 Å². The smallest absolute Gasteiger partial charge is 0.261 e. The van der Waals surface area contributed by atoms with Gasteiger partial charge in [0.2, 0.25) is 0 Å². The first-order valence-corrected chi connectivity index (χ1v) is 5.46. The summed E-state index contributed by atoms with van der Waals surface area (Å²) in [6.45, 7) is 1.57. The first-order chi connectivity index (χ1) is 8.10. The van der Waals surface area contributed by atoms with Crippen molar-refractivity contribution in [2.45, 2.75) is 25.5 Å².